The van der Waals surface area contributed by atoms with Crippen molar-refractivity contribution in [2.24, 2.45) is 5.92 Å². The molecule has 1 heterocycles. The second-order valence-corrected chi connectivity index (χ2v) is 7.43. The number of nitrogens with zero attached hydrogens (tertiary/aromatic N) is 1. The second-order valence-electron chi connectivity index (χ2n) is 7.43. The lowest BCUT2D eigenvalue weighted by Gasteiger charge is -2.36. The minimum absolute atomic E-state index is 0.0897. The summed E-state index contributed by atoms with van der Waals surface area (Å²) in [4.78, 5) is 38.6. The zero-order valence-corrected chi connectivity index (χ0v) is 15.5. The van der Waals surface area contributed by atoms with Crippen molar-refractivity contribution in [3.63, 3.8) is 0 Å². The van der Waals surface area contributed by atoms with Crippen LogP contribution in [0.25, 0.3) is 0 Å². The SMILES string of the molecule is CCCc1ccc(NC(=O)CN2C(=O)NC3(CCCCC3C)C2=O)cc1. The van der Waals surface area contributed by atoms with Crippen molar-refractivity contribution in [1.29, 1.82) is 0 Å². The van der Waals surface area contributed by atoms with E-state index >= 15 is 0 Å². The molecular weight excluding hydrogens is 330 g/mol. The highest BCUT2D eigenvalue weighted by atomic mass is 16.2. The van der Waals surface area contributed by atoms with Crippen LogP contribution in [0.3, 0.4) is 0 Å². The maximum atomic E-state index is 12.9. The van der Waals surface area contributed by atoms with E-state index < -0.39 is 11.6 Å². The van der Waals surface area contributed by atoms with Gasteiger partial charge in [0.1, 0.15) is 12.1 Å². The van der Waals surface area contributed by atoms with E-state index in [0.717, 1.165) is 37.0 Å². The van der Waals surface area contributed by atoms with Gasteiger partial charge in [0.2, 0.25) is 5.91 Å². The summed E-state index contributed by atoms with van der Waals surface area (Å²) in [5.74, 6) is -0.535. The first-order valence-electron chi connectivity index (χ1n) is 9.49. The molecule has 1 spiro atoms. The summed E-state index contributed by atoms with van der Waals surface area (Å²) in [6, 6.07) is 7.19. The largest absolute Gasteiger partial charge is 0.325 e. The van der Waals surface area contributed by atoms with Crippen LogP contribution < -0.4 is 10.6 Å². The van der Waals surface area contributed by atoms with E-state index in [1.54, 1.807) is 0 Å². The lowest BCUT2D eigenvalue weighted by Crippen LogP contribution is -2.54. The fraction of sp³-hybridized carbons (Fsp3) is 0.550. The minimum atomic E-state index is -0.822. The number of carbonyl (C=O) groups excluding carboxylic acids is 3. The first-order valence-corrected chi connectivity index (χ1v) is 9.49. The number of hydrogen-bond donors (Lipinski definition) is 2. The number of aryl methyl sites for hydroxylation is 1. The molecular formula is C20H27N3O3. The van der Waals surface area contributed by atoms with Gasteiger partial charge in [-0.3, -0.25) is 14.5 Å². The molecule has 1 aromatic carbocycles. The number of urea groups is 1. The molecule has 0 bridgehead atoms. The molecule has 2 unspecified atom stereocenters. The van der Waals surface area contributed by atoms with Crippen molar-refractivity contribution < 1.29 is 14.4 Å². The van der Waals surface area contributed by atoms with Crippen LogP contribution in [-0.2, 0) is 16.0 Å². The molecule has 1 saturated carbocycles. The molecule has 3 rings (SSSR count). The van der Waals surface area contributed by atoms with Crippen LogP contribution in [-0.4, -0.2) is 34.8 Å². The number of imide groups is 1. The molecule has 2 atom stereocenters. The first-order chi connectivity index (χ1) is 12.5. The van der Waals surface area contributed by atoms with Crippen LogP contribution in [0.5, 0.6) is 0 Å². The predicted octanol–water partition coefficient (Wildman–Crippen LogP) is 3.08. The van der Waals surface area contributed by atoms with Gasteiger partial charge in [0, 0.05) is 5.69 Å². The quantitative estimate of drug-likeness (QED) is 0.795. The molecule has 1 aliphatic heterocycles. The smallest absolute Gasteiger partial charge is 0.325 e. The van der Waals surface area contributed by atoms with Crippen LogP contribution in [0.4, 0.5) is 10.5 Å². The lowest BCUT2D eigenvalue weighted by atomic mass is 9.73. The van der Waals surface area contributed by atoms with E-state index in [1.165, 1.54) is 5.56 Å². The average Bonchev–Trinajstić information content (AvgIpc) is 2.85. The van der Waals surface area contributed by atoms with Gasteiger partial charge in [0.05, 0.1) is 0 Å². The molecule has 2 aliphatic rings. The Balaban J connectivity index is 1.63. The molecule has 2 N–H and O–H groups in total. The maximum absolute atomic E-state index is 12.9. The topological polar surface area (TPSA) is 78.5 Å². The minimum Gasteiger partial charge on any atom is -0.325 e. The maximum Gasteiger partial charge on any atom is 0.325 e. The third kappa shape index (κ3) is 3.45. The number of amides is 4. The van der Waals surface area contributed by atoms with Gasteiger partial charge in [-0.1, -0.05) is 45.2 Å². The van der Waals surface area contributed by atoms with Gasteiger partial charge in [-0.05, 0) is 42.9 Å². The van der Waals surface area contributed by atoms with Gasteiger partial charge in [0.25, 0.3) is 5.91 Å². The Labute approximate surface area is 154 Å². The van der Waals surface area contributed by atoms with Crippen molar-refractivity contribution in [3.8, 4) is 0 Å². The molecule has 26 heavy (non-hydrogen) atoms. The Hall–Kier alpha value is -2.37. The molecule has 1 aromatic rings. The van der Waals surface area contributed by atoms with Gasteiger partial charge < -0.3 is 10.6 Å². The summed E-state index contributed by atoms with van der Waals surface area (Å²) in [5, 5.41) is 5.64. The molecule has 0 aromatic heterocycles. The summed E-state index contributed by atoms with van der Waals surface area (Å²) in [5.41, 5.74) is 1.06. The highest BCUT2D eigenvalue weighted by Crippen LogP contribution is 2.38. The molecule has 6 heteroatoms. The molecule has 1 saturated heterocycles. The first kappa shape index (κ1) is 18.4. The third-order valence-corrected chi connectivity index (χ3v) is 5.58. The summed E-state index contributed by atoms with van der Waals surface area (Å²) in [6.07, 6.45) is 5.61. The fourth-order valence-electron chi connectivity index (χ4n) is 4.03. The fourth-order valence-corrected chi connectivity index (χ4v) is 4.03. The Morgan fingerprint density at radius 2 is 2.00 bits per heavy atom. The monoisotopic (exact) mass is 357 g/mol. The Bertz CT molecular complexity index is 701. The molecule has 6 nitrogen and oxygen atoms in total. The van der Waals surface area contributed by atoms with E-state index in [4.69, 9.17) is 0 Å². The molecule has 4 amide bonds. The number of nitrogens with one attached hydrogen (secondary N) is 2. The lowest BCUT2D eigenvalue weighted by molar-refractivity contribution is -0.136. The summed E-state index contributed by atoms with van der Waals surface area (Å²) in [6.45, 7) is 3.86. The van der Waals surface area contributed by atoms with Crippen molar-refractivity contribution in [1.82, 2.24) is 10.2 Å². The summed E-state index contributed by atoms with van der Waals surface area (Å²) < 4.78 is 0. The van der Waals surface area contributed by atoms with Crippen molar-refractivity contribution in [3.05, 3.63) is 29.8 Å². The number of anilines is 1. The van der Waals surface area contributed by atoms with Gasteiger partial charge in [-0.25, -0.2) is 4.79 Å². The van der Waals surface area contributed by atoms with E-state index in [2.05, 4.69) is 17.6 Å². The van der Waals surface area contributed by atoms with Crippen LogP contribution >= 0.6 is 0 Å². The summed E-state index contributed by atoms with van der Waals surface area (Å²) >= 11 is 0. The number of benzene rings is 1. The van der Waals surface area contributed by atoms with Crippen molar-refractivity contribution in [2.45, 2.75) is 57.9 Å². The molecule has 140 valence electrons. The number of rotatable bonds is 5. The Kier molecular flexibility index (Phi) is 5.30. The molecule has 0 radical (unpaired) electrons. The normalized spacial score (nSPS) is 25.5. The van der Waals surface area contributed by atoms with Crippen LogP contribution in [0.1, 0.15) is 51.5 Å². The van der Waals surface area contributed by atoms with E-state index in [-0.39, 0.29) is 24.3 Å². The standard InChI is InChI=1S/C20H27N3O3/c1-3-6-15-8-10-16(11-9-15)21-17(24)13-23-18(25)20(22-19(23)26)12-5-4-7-14(20)2/h8-11,14H,3-7,12-13H2,1-2H3,(H,21,24)(H,22,26). The number of hydrogen-bond acceptors (Lipinski definition) is 3. The highest BCUT2D eigenvalue weighted by Gasteiger charge is 2.55. The van der Waals surface area contributed by atoms with Crippen LogP contribution in [0.15, 0.2) is 24.3 Å². The molecule has 1 aliphatic carbocycles. The van der Waals surface area contributed by atoms with E-state index in [9.17, 15) is 14.4 Å². The zero-order valence-electron chi connectivity index (χ0n) is 15.5. The molecule has 2 fully saturated rings. The van der Waals surface area contributed by atoms with E-state index in [1.807, 2.05) is 31.2 Å². The second kappa shape index (κ2) is 7.48. The van der Waals surface area contributed by atoms with E-state index in [0.29, 0.717) is 12.1 Å². The third-order valence-electron chi connectivity index (χ3n) is 5.58. The zero-order chi connectivity index (χ0) is 18.7. The van der Waals surface area contributed by atoms with Crippen molar-refractivity contribution in [2.75, 3.05) is 11.9 Å². The van der Waals surface area contributed by atoms with Gasteiger partial charge in [0.15, 0.2) is 0 Å². The average molecular weight is 357 g/mol. The Morgan fingerprint density at radius 3 is 2.65 bits per heavy atom. The Morgan fingerprint density at radius 1 is 1.27 bits per heavy atom. The van der Waals surface area contributed by atoms with Crippen LogP contribution in [0, 0.1) is 5.92 Å². The summed E-state index contributed by atoms with van der Waals surface area (Å²) in [7, 11) is 0. The highest BCUT2D eigenvalue weighted by molar-refractivity contribution is 6.10. The van der Waals surface area contributed by atoms with Crippen LogP contribution in [0.2, 0.25) is 0 Å². The number of carbonyl (C=O) groups is 3. The predicted molar refractivity (Wildman–Crippen MR) is 99.7 cm³/mol. The van der Waals surface area contributed by atoms with Gasteiger partial charge in [-0.2, -0.15) is 0 Å². The van der Waals surface area contributed by atoms with Gasteiger partial charge in [-0.15, -0.1) is 0 Å². The van der Waals surface area contributed by atoms with Crippen molar-refractivity contribution >= 4 is 23.5 Å². The van der Waals surface area contributed by atoms with Gasteiger partial charge >= 0.3 is 6.03 Å².